The Morgan fingerprint density at radius 1 is 1.12 bits per heavy atom. The van der Waals surface area contributed by atoms with E-state index in [1.165, 1.54) is 12.1 Å². The Bertz CT molecular complexity index is 751. The number of nitrogens with two attached hydrogens (primary N) is 1. The summed E-state index contributed by atoms with van der Waals surface area (Å²) < 4.78 is 15.2. The Hall–Kier alpha value is -1.84. The van der Waals surface area contributed by atoms with Gasteiger partial charge in [0.15, 0.2) is 5.96 Å². The van der Waals surface area contributed by atoms with Crippen molar-refractivity contribution < 1.29 is 4.39 Å². The lowest BCUT2D eigenvalue weighted by Crippen LogP contribution is -2.51. The Morgan fingerprint density at radius 3 is 2.58 bits per heavy atom. The molecule has 0 amide bonds. The van der Waals surface area contributed by atoms with Crippen LogP contribution in [0, 0.1) is 5.82 Å². The number of nitrogens with zero attached hydrogens (tertiary/aromatic N) is 5. The highest BCUT2D eigenvalue weighted by Crippen LogP contribution is 2.18. The van der Waals surface area contributed by atoms with Crippen LogP contribution in [0.3, 0.4) is 0 Å². The molecule has 0 aliphatic carbocycles. The largest absolute Gasteiger partial charge is 0.370 e. The molecule has 1 saturated heterocycles. The van der Waals surface area contributed by atoms with Gasteiger partial charge in [-0.2, -0.15) is 0 Å². The molecule has 140 valence electrons. The fourth-order valence-corrected chi connectivity index (χ4v) is 3.56. The molecular weight excluding hydrogens is 446 g/mol. The van der Waals surface area contributed by atoms with Crippen molar-refractivity contribution in [3.63, 3.8) is 0 Å². The molecule has 1 fully saturated rings. The molecule has 1 aromatic carbocycles. The van der Waals surface area contributed by atoms with Gasteiger partial charge in [0, 0.05) is 57.2 Å². The maximum atomic E-state index is 13.1. The standard InChI is InChI=1S/C18H23FN6.HI/c19-14-1-3-16(4-2-14)23-9-11-25(12-10-23)18(20)22-15-5-7-24-8-6-21-17(24)13-15;/h1-4,6,8,15H,5,7,9-13H2,(H2,20,22);1H. The van der Waals surface area contributed by atoms with Gasteiger partial charge in [0.25, 0.3) is 0 Å². The first kappa shape index (κ1) is 18.9. The highest BCUT2D eigenvalue weighted by molar-refractivity contribution is 14.0. The van der Waals surface area contributed by atoms with Gasteiger partial charge in [0.05, 0.1) is 6.04 Å². The summed E-state index contributed by atoms with van der Waals surface area (Å²) in [6, 6.07) is 6.87. The van der Waals surface area contributed by atoms with Gasteiger partial charge < -0.3 is 20.1 Å². The molecule has 2 N–H and O–H groups in total. The summed E-state index contributed by atoms with van der Waals surface area (Å²) in [5, 5.41) is 0. The number of aryl methyl sites for hydroxylation is 1. The topological polar surface area (TPSA) is 62.7 Å². The molecule has 1 aromatic heterocycles. The smallest absolute Gasteiger partial charge is 0.191 e. The van der Waals surface area contributed by atoms with Gasteiger partial charge in [0.2, 0.25) is 0 Å². The van der Waals surface area contributed by atoms with Crippen LogP contribution in [0.15, 0.2) is 41.7 Å². The van der Waals surface area contributed by atoms with Crippen LogP contribution in [0.1, 0.15) is 12.2 Å². The monoisotopic (exact) mass is 470 g/mol. The van der Waals surface area contributed by atoms with Crippen molar-refractivity contribution in [2.45, 2.75) is 25.4 Å². The van der Waals surface area contributed by atoms with E-state index in [0.717, 1.165) is 57.1 Å². The van der Waals surface area contributed by atoms with E-state index >= 15 is 0 Å². The Labute approximate surface area is 169 Å². The molecule has 1 unspecified atom stereocenters. The van der Waals surface area contributed by atoms with Crippen LogP contribution in [-0.2, 0) is 13.0 Å². The number of benzene rings is 1. The van der Waals surface area contributed by atoms with Crippen molar-refractivity contribution in [3.8, 4) is 0 Å². The van der Waals surface area contributed by atoms with Crippen molar-refractivity contribution in [1.82, 2.24) is 14.5 Å². The number of anilines is 1. The molecule has 0 spiro atoms. The summed E-state index contributed by atoms with van der Waals surface area (Å²) >= 11 is 0. The first-order valence-corrected chi connectivity index (χ1v) is 8.78. The molecule has 0 saturated carbocycles. The van der Waals surface area contributed by atoms with Gasteiger partial charge in [-0.3, -0.25) is 0 Å². The SMILES string of the molecule is I.NC(=NC1CCn2ccnc2C1)N1CCN(c2ccc(F)cc2)CC1. The summed E-state index contributed by atoms with van der Waals surface area (Å²) in [6.07, 6.45) is 5.72. The van der Waals surface area contributed by atoms with Gasteiger partial charge in [-0.15, -0.1) is 24.0 Å². The van der Waals surface area contributed by atoms with E-state index < -0.39 is 0 Å². The van der Waals surface area contributed by atoms with Gasteiger partial charge in [-0.1, -0.05) is 0 Å². The average Bonchev–Trinajstić information content (AvgIpc) is 3.10. The number of aliphatic imine (C=N–C) groups is 1. The van der Waals surface area contributed by atoms with Gasteiger partial charge in [0.1, 0.15) is 11.6 Å². The van der Waals surface area contributed by atoms with Gasteiger partial charge >= 0.3 is 0 Å². The number of halogens is 2. The molecule has 26 heavy (non-hydrogen) atoms. The number of imidazole rings is 1. The van der Waals surface area contributed by atoms with Crippen molar-refractivity contribution >= 4 is 35.6 Å². The number of guanidine groups is 1. The molecule has 3 heterocycles. The molecule has 2 aliphatic rings. The van der Waals surface area contributed by atoms with E-state index in [9.17, 15) is 4.39 Å². The average molecular weight is 470 g/mol. The Balaban J connectivity index is 0.00000196. The van der Waals surface area contributed by atoms with Crippen LogP contribution in [0.2, 0.25) is 0 Å². The lowest BCUT2D eigenvalue weighted by atomic mass is 10.1. The number of piperazine rings is 1. The zero-order valence-corrected chi connectivity index (χ0v) is 16.9. The van der Waals surface area contributed by atoms with Crippen molar-refractivity contribution in [3.05, 3.63) is 48.3 Å². The van der Waals surface area contributed by atoms with Gasteiger partial charge in [-0.25, -0.2) is 14.4 Å². The highest BCUT2D eigenvalue weighted by atomic mass is 127. The predicted molar refractivity (Wildman–Crippen MR) is 112 cm³/mol. The highest BCUT2D eigenvalue weighted by Gasteiger charge is 2.22. The van der Waals surface area contributed by atoms with Gasteiger partial charge in [-0.05, 0) is 30.7 Å². The summed E-state index contributed by atoms with van der Waals surface area (Å²) in [5.74, 6) is 1.52. The molecule has 6 nitrogen and oxygen atoms in total. The van der Waals surface area contributed by atoms with E-state index in [1.807, 2.05) is 24.5 Å². The Kier molecular flexibility index (Phi) is 6.00. The first-order valence-electron chi connectivity index (χ1n) is 8.78. The third kappa shape index (κ3) is 4.11. The van der Waals surface area contributed by atoms with Crippen LogP contribution >= 0.6 is 24.0 Å². The minimum Gasteiger partial charge on any atom is -0.370 e. The van der Waals surface area contributed by atoms with Crippen molar-refractivity contribution in [1.29, 1.82) is 0 Å². The van der Waals surface area contributed by atoms with E-state index in [1.54, 1.807) is 0 Å². The summed E-state index contributed by atoms with van der Waals surface area (Å²) in [4.78, 5) is 13.5. The number of rotatable bonds is 2. The van der Waals surface area contributed by atoms with Crippen molar-refractivity contribution in [2.24, 2.45) is 10.7 Å². The summed E-state index contributed by atoms with van der Waals surface area (Å²) in [5.41, 5.74) is 7.31. The predicted octanol–water partition coefficient (Wildman–Crippen LogP) is 2.09. The first-order chi connectivity index (χ1) is 12.2. The van der Waals surface area contributed by atoms with Crippen LogP contribution in [0.5, 0.6) is 0 Å². The minimum atomic E-state index is -0.202. The summed E-state index contributed by atoms with van der Waals surface area (Å²) in [6.45, 7) is 4.32. The molecule has 2 aromatic rings. The molecule has 1 atom stereocenters. The van der Waals surface area contributed by atoms with E-state index in [4.69, 9.17) is 10.7 Å². The quantitative estimate of drug-likeness (QED) is 0.415. The van der Waals surface area contributed by atoms with E-state index in [-0.39, 0.29) is 35.8 Å². The number of fused-ring (bicyclic) bond motifs is 1. The molecule has 2 aliphatic heterocycles. The van der Waals surface area contributed by atoms with E-state index in [2.05, 4.69) is 19.4 Å². The molecule has 8 heteroatoms. The zero-order valence-electron chi connectivity index (χ0n) is 14.6. The van der Waals surface area contributed by atoms with Crippen molar-refractivity contribution in [2.75, 3.05) is 31.1 Å². The lowest BCUT2D eigenvalue weighted by molar-refractivity contribution is 0.374. The third-order valence-electron chi connectivity index (χ3n) is 5.03. The van der Waals surface area contributed by atoms with Crippen LogP contribution < -0.4 is 10.6 Å². The Morgan fingerprint density at radius 2 is 1.85 bits per heavy atom. The van der Waals surface area contributed by atoms with Crippen LogP contribution in [0.25, 0.3) is 0 Å². The second kappa shape index (κ2) is 8.24. The fraction of sp³-hybridized carbons (Fsp3) is 0.444. The van der Waals surface area contributed by atoms with Crippen LogP contribution in [0.4, 0.5) is 10.1 Å². The summed E-state index contributed by atoms with van der Waals surface area (Å²) in [7, 11) is 0. The fourth-order valence-electron chi connectivity index (χ4n) is 3.56. The maximum absolute atomic E-state index is 13.1. The third-order valence-corrected chi connectivity index (χ3v) is 5.03. The maximum Gasteiger partial charge on any atom is 0.191 e. The normalized spacial score (nSPS) is 20.5. The zero-order chi connectivity index (χ0) is 17.2. The number of aromatic nitrogens is 2. The molecular formula is C18H24FIN6. The molecule has 4 rings (SSSR count). The lowest BCUT2D eigenvalue weighted by Gasteiger charge is -2.37. The second-order valence-corrected chi connectivity index (χ2v) is 6.62. The molecule has 0 radical (unpaired) electrons. The number of hydrogen-bond acceptors (Lipinski definition) is 3. The minimum absolute atomic E-state index is 0. The number of hydrogen-bond donors (Lipinski definition) is 1. The van der Waals surface area contributed by atoms with Crippen LogP contribution in [-0.4, -0.2) is 52.6 Å². The molecule has 0 bridgehead atoms. The second-order valence-electron chi connectivity index (χ2n) is 6.62. The van der Waals surface area contributed by atoms with E-state index in [0.29, 0.717) is 5.96 Å².